The van der Waals surface area contributed by atoms with E-state index in [1.54, 1.807) is 48.2 Å². The number of carbonyl (C=O) groups excluding carboxylic acids is 1. The van der Waals surface area contributed by atoms with Gasteiger partial charge in [-0.15, -0.1) is 0 Å². The number of hydrogen-bond acceptors (Lipinski definition) is 5. The number of carboxylic acid groups (broad SMARTS) is 1. The standard InChI is InChI=1S/C26H34ClNO6/c1-5-32-23(24(29)30)18-19-6-10-21(11-7-19)33-17-16-28(15-14-26(2,3)4)25(31)34-22-12-8-20(27)9-13-22/h6-13,23H,5,14-18H2,1-4H3,(H,29,30). The monoisotopic (exact) mass is 491 g/mol. The maximum atomic E-state index is 12.8. The Kier molecular flexibility index (Phi) is 10.7. The van der Waals surface area contributed by atoms with Crippen LogP contribution < -0.4 is 9.47 Å². The van der Waals surface area contributed by atoms with Crippen molar-refractivity contribution in [1.29, 1.82) is 0 Å². The zero-order chi connectivity index (χ0) is 25.1. The fourth-order valence-electron chi connectivity index (χ4n) is 3.06. The number of halogens is 1. The van der Waals surface area contributed by atoms with E-state index in [0.29, 0.717) is 36.2 Å². The predicted molar refractivity (Wildman–Crippen MR) is 132 cm³/mol. The lowest BCUT2D eigenvalue weighted by molar-refractivity contribution is -0.149. The van der Waals surface area contributed by atoms with E-state index in [2.05, 4.69) is 20.8 Å². The van der Waals surface area contributed by atoms with E-state index in [1.807, 2.05) is 12.1 Å². The number of benzene rings is 2. The highest BCUT2D eigenvalue weighted by atomic mass is 35.5. The molecular formula is C26H34ClNO6. The summed E-state index contributed by atoms with van der Waals surface area (Å²) in [7, 11) is 0. The average Bonchev–Trinajstić information content (AvgIpc) is 2.77. The number of amides is 1. The first-order valence-corrected chi connectivity index (χ1v) is 11.7. The molecule has 0 saturated heterocycles. The van der Waals surface area contributed by atoms with Crippen LogP contribution in [0, 0.1) is 5.41 Å². The molecule has 0 aromatic heterocycles. The molecule has 1 atom stereocenters. The van der Waals surface area contributed by atoms with Crippen molar-refractivity contribution < 1.29 is 28.9 Å². The molecule has 0 heterocycles. The molecule has 0 saturated carbocycles. The molecular weight excluding hydrogens is 458 g/mol. The van der Waals surface area contributed by atoms with Crippen molar-refractivity contribution in [3.63, 3.8) is 0 Å². The zero-order valence-corrected chi connectivity index (χ0v) is 21.0. The lowest BCUT2D eigenvalue weighted by Crippen LogP contribution is -2.38. The van der Waals surface area contributed by atoms with Gasteiger partial charge in [0.2, 0.25) is 0 Å². The number of hydrogen-bond donors (Lipinski definition) is 1. The lowest BCUT2D eigenvalue weighted by atomic mass is 9.92. The van der Waals surface area contributed by atoms with Crippen LogP contribution in [0.15, 0.2) is 48.5 Å². The summed E-state index contributed by atoms with van der Waals surface area (Å²) in [4.78, 5) is 25.7. The smallest absolute Gasteiger partial charge is 0.415 e. The molecule has 0 bridgehead atoms. The molecule has 1 amide bonds. The summed E-state index contributed by atoms with van der Waals surface area (Å²) >= 11 is 5.90. The number of ether oxygens (including phenoxy) is 3. The van der Waals surface area contributed by atoms with E-state index >= 15 is 0 Å². The van der Waals surface area contributed by atoms with Gasteiger partial charge in [-0.1, -0.05) is 44.5 Å². The van der Waals surface area contributed by atoms with Crippen LogP contribution in [-0.4, -0.2) is 54.5 Å². The summed E-state index contributed by atoms with van der Waals surface area (Å²) in [6, 6.07) is 13.8. The minimum absolute atomic E-state index is 0.0603. The van der Waals surface area contributed by atoms with Crippen LogP contribution >= 0.6 is 11.6 Å². The molecule has 0 aliphatic rings. The van der Waals surface area contributed by atoms with Gasteiger partial charge in [0, 0.05) is 24.6 Å². The molecule has 0 fully saturated rings. The highest BCUT2D eigenvalue weighted by Gasteiger charge is 2.20. The Labute approximate surface area is 206 Å². The molecule has 8 heteroatoms. The quantitative estimate of drug-likeness (QED) is 0.410. The first-order valence-electron chi connectivity index (χ1n) is 11.4. The van der Waals surface area contributed by atoms with E-state index in [0.717, 1.165) is 12.0 Å². The number of carboxylic acids is 1. The van der Waals surface area contributed by atoms with Gasteiger partial charge in [-0.3, -0.25) is 0 Å². The first kappa shape index (κ1) is 27.5. The summed E-state index contributed by atoms with van der Waals surface area (Å²) in [5.41, 5.74) is 0.900. The van der Waals surface area contributed by atoms with Gasteiger partial charge in [-0.2, -0.15) is 0 Å². The molecule has 0 spiro atoms. The molecule has 2 aromatic carbocycles. The lowest BCUT2D eigenvalue weighted by Gasteiger charge is -2.26. The van der Waals surface area contributed by atoms with Gasteiger partial charge in [0.1, 0.15) is 18.1 Å². The topological polar surface area (TPSA) is 85.3 Å². The van der Waals surface area contributed by atoms with Crippen molar-refractivity contribution in [3.8, 4) is 11.5 Å². The highest BCUT2D eigenvalue weighted by Crippen LogP contribution is 2.21. The Morgan fingerprint density at radius 1 is 1.00 bits per heavy atom. The van der Waals surface area contributed by atoms with E-state index in [-0.39, 0.29) is 18.4 Å². The molecule has 186 valence electrons. The number of aliphatic carboxylic acids is 1. The number of carbonyl (C=O) groups is 2. The third-order valence-corrected chi connectivity index (χ3v) is 5.28. The van der Waals surface area contributed by atoms with Crippen LogP contribution in [0.5, 0.6) is 11.5 Å². The highest BCUT2D eigenvalue weighted by molar-refractivity contribution is 6.30. The van der Waals surface area contributed by atoms with Crippen LogP contribution in [0.4, 0.5) is 4.79 Å². The minimum Gasteiger partial charge on any atom is -0.492 e. The fourth-order valence-corrected chi connectivity index (χ4v) is 3.19. The van der Waals surface area contributed by atoms with Crippen molar-refractivity contribution >= 4 is 23.7 Å². The molecule has 2 rings (SSSR count). The molecule has 0 radical (unpaired) electrons. The van der Waals surface area contributed by atoms with E-state index in [9.17, 15) is 14.7 Å². The Bertz CT molecular complexity index is 908. The SMILES string of the molecule is CCOC(Cc1ccc(OCCN(CCC(C)(C)C)C(=O)Oc2ccc(Cl)cc2)cc1)C(=O)O. The van der Waals surface area contributed by atoms with Gasteiger partial charge >= 0.3 is 12.1 Å². The summed E-state index contributed by atoms with van der Waals surface area (Å²) in [5.74, 6) is 0.0790. The zero-order valence-electron chi connectivity index (χ0n) is 20.3. The van der Waals surface area contributed by atoms with E-state index in [4.69, 9.17) is 25.8 Å². The van der Waals surface area contributed by atoms with Crippen LogP contribution in [0.2, 0.25) is 5.02 Å². The maximum Gasteiger partial charge on any atom is 0.415 e. The van der Waals surface area contributed by atoms with Crippen molar-refractivity contribution in [2.75, 3.05) is 26.3 Å². The van der Waals surface area contributed by atoms with E-state index in [1.165, 1.54) is 0 Å². The second-order valence-electron chi connectivity index (χ2n) is 9.10. The summed E-state index contributed by atoms with van der Waals surface area (Å²) in [6.45, 7) is 9.64. The summed E-state index contributed by atoms with van der Waals surface area (Å²) < 4.78 is 16.6. The third-order valence-electron chi connectivity index (χ3n) is 5.03. The van der Waals surface area contributed by atoms with Gasteiger partial charge in [0.25, 0.3) is 0 Å². The molecule has 7 nitrogen and oxygen atoms in total. The van der Waals surface area contributed by atoms with Gasteiger partial charge < -0.3 is 24.2 Å². The van der Waals surface area contributed by atoms with Crippen molar-refractivity contribution in [2.45, 2.75) is 46.6 Å². The molecule has 2 aromatic rings. The van der Waals surface area contributed by atoms with Crippen molar-refractivity contribution in [1.82, 2.24) is 4.90 Å². The van der Waals surface area contributed by atoms with E-state index < -0.39 is 18.2 Å². The molecule has 0 aliphatic heterocycles. The Morgan fingerprint density at radius 2 is 1.62 bits per heavy atom. The molecule has 34 heavy (non-hydrogen) atoms. The Morgan fingerprint density at radius 3 is 2.18 bits per heavy atom. The minimum atomic E-state index is -0.983. The van der Waals surface area contributed by atoms with Gasteiger partial charge in [-0.05, 0) is 60.7 Å². The van der Waals surface area contributed by atoms with Crippen LogP contribution in [-0.2, 0) is 16.0 Å². The largest absolute Gasteiger partial charge is 0.492 e. The number of rotatable bonds is 12. The second kappa shape index (κ2) is 13.2. The van der Waals surface area contributed by atoms with Crippen LogP contribution in [0.1, 0.15) is 39.7 Å². The molecule has 1 unspecified atom stereocenters. The maximum absolute atomic E-state index is 12.8. The fraction of sp³-hybridized carbons (Fsp3) is 0.462. The summed E-state index contributed by atoms with van der Waals surface area (Å²) in [5, 5.41) is 9.80. The van der Waals surface area contributed by atoms with Crippen molar-refractivity contribution in [2.24, 2.45) is 5.41 Å². The summed E-state index contributed by atoms with van der Waals surface area (Å²) in [6.07, 6.45) is -0.233. The normalized spacial score (nSPS) is 12.1. The van der Waals surface area contributed by atoms with Gasteiger partial charge in [0.15, 0.2) is 6.10 Å². The second-order valence-corrected chi connectivity index (χ2v) is 9.53. The van der Waals surface area contributed by atoms with Crippen LogP contribution in [0.3, 0.4) is 0 Å². The Balaban J connectivity index is 1.93. The molecule has 1 N–H and O–H groups in total. The van der Waals surface area contributed by atoms with Crippen molar-refractivity contribution in [3.05, 3.63) is 59.1 Å². The average molecular weight is 492 g/mol. The molecule has 0 aliphatic carbocycles. The first-order chi connectivity index (χ1) is 16.1. The van der Waals surface area contributed by atoms with Gasteiger partial charge in [0.05, 0.1) is 6.54 Å². The Hall–Kier alpha value is -2.77. The van der Waals surface area contributed by atoms with Gasteiger partial charge in [-0.25, -0.2) is 9.59 Å². The number of nitrogens with zero attached hydrogens (tertiary/aromatic N) is 1. The predicted octanol–water partition coefficient (Wildman–Crippen LogP) is 5.69. The van der Waals surface area contributed by atoms with Crippen LogP contribution in [0.25, 0.3) is 0 Å². The third kappa shape index (κ3) is 10.0.